The molecule has 0 spiro atoms. The van der Waals surface area contributed by atoms with E-state index in [1.807, 2.05) is 0 Å². The lowest BCUT2D eigenvalue weighted by atomic mass is 10.1. The van der Waals surface area contributed by atoms with Crippen molar-refractivity contribution in [2.24, 2.45) is 5.84 Å². The SMILES string of the molecule is N=C(NN)c1nc(Cc2ccccc2F)c(N)[nH]1. The van der Waals surface area contributed by atoms with Crippen molar-refractivity contribution in [2.45, 2.75) is 6.42 Å². The summed E-state index contributed by atoms with van der Waals surface area (Å²) in [6.07, 6.45) is 0.257. The predicted octanol–water partition coefficient (Wildman–Crippen LogP) is 0.510. The number of amidine groups is 1. The predicted molar refractivity (Wildman–Crippen MR) is 66.4 cm³/mol. The minimum absolute atomic E-state index is 0.0820. The van der Waals surface area contributed by atoms with Crippen molar-refractivity contribution < 1.29 is 4.39 Å². The molecule has 0 atom stereocenters. The van der Waals surface area contributed by atoms with E-state index in [1.54, 1.807) is 18.2 Å². The number of imidazole rings is 1. The number of halogens is 1. The van der Waals surface area contributed by atoms with Gasteiger partial charge in [0.1, 0.15) is 11.6 Å². The number of nitrogens with one attached hydrogen (secondary N) is 3. The largest absolute Gasteiger partial charge is 0.384 e. The third-order valence-corrected chi connectivity index (χ3v) is 2.51. The fraction of sp³-hybridized carbons (Fsp3) is 0.0909. The summed E-state index contributed by atoms with van der Waals surface area (Å²) in [5, 5.41) is 7.45. The zero-order chi connectivity index (χ0) is 13.1. The monoisotopic (exact) mass is 248 g/mol. The minimum atomic E-state index is -0.312. The lowest BCUT2D eigenvalue weighted by Crippen LogP contribution is -2.30. The van der Waals surface area contributed by atoms with Gasteiger partial charge in [0.2, 0.25) is 0 Å². The Bertz CT molecular complexity index is 577. The van der Waals surface area contributed by atoms with Gasteiger partial charge in [0, 0.05) is 6.42 Å². The molecule has 0 radical (unpaired) electrons. The summed E-state index contributed by atoms with van der Waals surface area (Å²) in [5.41, 5.74) is 8.86. The first-order valence-electron chi connectivity index (χ1n) is 5.25. The summed E-state index contributed by atoms with van der Waals surface area (Å²) < 4.78 is 13.5. The molecular weight excluding hydrogens is 235 g/mol. The van der Waals surface area contributed by atoms with Crippen LogP contribution in [0.4, 0.5) is 10.2 Å². The normalized spacial score (nSPS) is 10.3. The first-order chi connectivity index (χ1) is 8.61. The van der Waals surface area contributed by atoms with Crippen LogP contribution in [0.2, 0.25) is 0 Å². The van der Waals surface area contributed by atoms with Crippen LogP contribution in [0.25, 0.3) is 0 Å². The molecule has 0 unspecified atom stereocenters. The Labute approximate surface area is 103 Å². The Morgan fingerprint density at radius 3 is 2.83 bits per heavy atom. The zero-order valence-electron chi connectivity index (χ0n) is 9.50. The highest BCUT2D eigenvalue weighted by Crippen LogP contribution is 2.16. The van der Waals surface area contributed by atoms with Crippen molar-refractivity contribution in [1.82, 2.24) is 15.4 Å². The highest BCUT2D eigenvalue weighted by Gasteiger charge is 2.12. The van der Waals surface area contributed by atoms with E-state index in [0.717, 1.165) is 0 Å². The molecule has 2 rings (SSSR count). The smallest absolute Gasteiger partial charge is 0.176 e. The highest BCUT2D eigenvalue weighted by molar-refractivity contribution is 5.92. The number of nitrogens with zero attached hydrogens (tertiary/aromatic N) is 1. The van der Waals surface area contributed by atoms with Crippen LogP contribution in [-0.2, 0) is 6.42 Å². The number of hydrogen-bond donors (Lipinski definition) is 5. The zero-order valence-corrected chi connectivity index (χ0v) is 9.50. The molecule has 1 aromatic heterocycles. The van der Waals surface area contributed by atoms with Crippen LogP contribution in [0.15, 0.2) is 24.3 Å². The molecule has 0 saturated heterocycles. The Morgan fingerprint density at radius 1 is 1.44 bits per heavy atom. The van der Waals surface area contributed by atoms with Gasteiger partial charge in [0.15, 0.2) is 11.7 Å². The van der Waals surface area contributed by atoms with Gasteiger partial charge in [-0.2, -0.15) is 0 Å². The van der Waals surface area contributed by atoms with Crippen molar-refractivity contribution in [3.63, 3.8) is 0 Å². The Hall–Kier alpha value is -2.41. The molecule has 0 bridgehead atoms. The lowest BCUT2D eigenvalue weighted by molar-refractivity contribution is 0.613. The fourth-order valence-electron chi connectivity index (χ4n) is 1.57. The van der Waals surface area contributed by atoms with E-state index in [2.05, 4.69) is 15.4 Å². The molecular formula is C11H13FN6. The standard InChI is InChI=1S/C11H13FN6/c12-7-4-2-1-3-6(7)5-8-9(13)17-11(16-8)10(14)18-15/h1-4H,5,13,15H2,(H2,14,18)(H,16,17). The molecule has 0 amide bonds. The second-order valence-corrected chi connectivity index (χ2v) is 3.73. The number of anilines is 1. The molecule has 7 N–H and O–H groups in total. The molecule has 0 saturated carbocycles. The molecule has 94 valence electrons. The molecule has 0 aliphatic carbocycles. The summed E-state index contributed by atoms with van der Waals surface area (Å²) in [5.74, 6) is 5.23. The van der Waals surface area contributed by atoms with Crippen molar-refractivity contribution >= 4 is 11.7 Å². The van der Waals surface area contributed by atoms with E-state index >= 15 is 0 Å². The van der Waals surface area contributed by atoms with Crippen LogP contribution < -0.4 is 17.0 Å². The molecule has 0 aliphatic heterocycles. The third kappa shape index (κ3) is 2.30. The average Bonchev–Trinajstić information content (AvgIpc) is 2.73. The number of hydrazine groups is 1. The van der Waals surface area contributed by atoms with Crippen molar-refractivity contribution in [3.8, 4) is 0 Å². The molecule has 1 heterocycles. The number of aromatic nitrogens is 2. The number of nitrogens with two attached hydrogens (primary N) is 2. The van der Waals surface area contributed by atoms with Gasteiger partial charge in [-0.3, -0.25) is 5.41 Å². The summed E-state index contributed by atoms with van der Waals surface area (Å²) in [6.45, 7) is 0. The van der Waals surface area contributed by atoms with Gasteiger partial charge in [0.05, 0.1) is 5.69 Å². The number of aromatic amines is 1. The molecule has 2 aromatic rings. The topological polar surface area (TPSA) is 117 Å². The van der Waals surface area contributed by atoms with Crippen LogP contribution in [-0.4, -0.2) is 15.8 Å². The van der Waals surface area contributed by atoms with E-state index in [0.29, 0.717) is 17.1 Å². The second kappa shape index (κ2) is 4.84. The average molecular weight is 248 g/mol. The number of benzene rings is 1. The van der Waals surface area contributed by atoms with Gasteiger partial charge in [-0.15, -0.1) is 0 Å². The molecule has 6 nitrogen and oxygen atoms in total. The highest BCUT2D eigenvalue weighted by atomic mass is 19.1. The number of H-pyrrole nitrogens is 1. The lowest BCUT2D eigenvalue weighted by Gasteiger charge is -2.00. The third-order valence-electron chi connectivity index (χ3n) is 2.51. The summed E-state index contributed by atoms with van der Waals surface area (Å²) >= 11 is 0. The van der Waals surface area contributed by atoms with Crippen LogP contribution in [0.3, 0.4) is 0 Å². The van der Waals surface area contributed by atoms with E-state index < -0.39 is 0 Å². The van der Waals surface area contributed by atoms with Crippen LogP contribution in [0.1, 0.15) is 17.1 Å². The van der Waals surface area contributed by atoms with E-state index in [9.17, 15) is 4.39 Å². The quantitative estimate of drug-likeness (QED) is 0.235. The van der Waals surface area contributed by atoms with Gasteiger partial charge in [-0.05, 0) is 11.6 Å². The van der Waals surface area contributed by atoms with E-state index in [4.69, 9.17) is 17.0 Å². The van der Waals surface area contributed by atoms with Crippen molar-refractivity contribution in [2.75, 3.05) is 5.73 Å². The molecule has 0 fully saturated rings. The van der Waals surface area contributed by atoms with Crippen LogP contribution in [0, 0.1) is 11.2 Å². The molecule has 0 aliphatic rings. The maximum absolute atomic E-state index is 13.5. The summed E-state index contributed by atoms with van der Waals surface area (Å²) in [4.78, 5) is 6.81. The van der Waals surface area contributed by atoms with Gasteiger partial charge < -0.3 is 16.1 Å². The number of rotatable bonds is 3. The Kier molecular flexibility index (Phi) is 3.24. The number of hydrogen-bond acceptors (Lipinski definition) is 4. The molecule has 7 heteroatoms. The van der Waals surface area contributed by atoms with Gasteiger partial charge in [-0.25, -0.2) is 15.2 Å². The van der Waals surface area contributed by atoms with Gasteiger partial charge in [0.25, 0.3) is 0 Å². The van der Waals surface area contributed by atoms with Gasteiger partial charge >= 0.3 is 0 Å². The van der Waals surface area contributed by atoms with Crippen molar-refractivity contribution in [3.05, 3.63) is 47.2 Å². The second-order valence-electron chi connectivity index (χ2n) is 3.73. The first kappa shape index (κ1) is 12.1. The fourth-order valence-corrected chi connectivity index (χ4v) is 1.57. The maximum atomic E-state index is 13.5. The Morgan fingerprint density at radius 2 is 2.17 bits per heavy atom. The van der Waals surface area contributed by atoms with Crippen LogP contribution >= 0.6 is 0 Å². The summed E-state index contributed by atoms with van der Waals surface area (Å²) in [6, 6.07) is 6.40. The van der Waals surface area contributed by atoms with Crippen molar-refractivity contribution in [1.29, 1.82) is 5.41 Å². The first-order valence-corrected chi connectivity index (χ1v) is 5.25. The molecule has 1 aromatic carbocycles. The Balaban J connectivity index is 2.27. The summed E-state index contributed by atoms with van der Waals surface area (Å²) in [7, 11) is 0. The van der Waals surface area contributed by atoms with E-state index in [-0.39, 0.29) is 23.9 Å². The number of nitrogen functional groups attached to an aromatic ring is 1. The van der Waals surface area contributed by atoms with Gasteiger partial charge in [-0.1, -0.05) is 18.2 Å². The minimum Gasteiger partial charge on any atom is -0.384 e. The maximum Gasteiger partial charge on any atom is 0.176 e. The van der Waals surface area contributed by atoms with E-state index in [1.165, 1.54) is 6.07 Å². The molecule has 18 heavy (non-hydrogen) atoms. The van der Waals surface area contributed by atoms with Crippen LogP contribution in [0.5, 0.6) is 0 Å².